The van der Waals surface area contributed by atoms with Crippen LogP contribution in [-0.4, -0.2) is 13.3 Å². The van der Waals surface area contributed by atoms with E-state index in [4.69, 9.17) is 0 Å². The summed E-state index contributed by atoms with van der Waals surface area (Å²) in [5.74, 6) is 0. The van der Waals surface area contributed by atoms with Crippen molar-refractivity contribution in [2.45, 2.75) is 4.90 Å². The van der Waals surface area contributed by atoms with Crippen LogP contribution in [0, 0.1) is 16.4 Å². The Morgan fingerprint density at radius 2 is 1.85 bits per heavy atom. The van der Waals surface area contributed by atoms with Crippen molar-refractivity contribution in [1.82, 2.24) is 0 Å². The Bertz CT molecular complexity index is 438. The quantitative estimate of drug-likeness (QED) is 0.530. The average Bonchev–Trinajstić information content (AvgIpc) is 2.03. The van der Waals surface area contributed by atoms with Crippen LogP contribution in [0.25, 0.3) is 0 Å². The van der Waals surface area contributed by atoms with Gasteiger partial charge in [0.05, 0.1) is 11.2 Å². The van der Waals surface area contributed by atoms with Gasteiger partial charge in [0, 0.05) is 6.07 Å². The van der Waals surface area contributed by atoms with Crippen LogP contribution in [0.15, 0.2) is 29.2 Å². The second-order valence-corrected chi connectivity index (χ2v) is 4.01. The largest absolute Gasteiger partial charge is 0.287 e. The van der Waals surface area contributed by atoms with Crippen LogP contribution < -0.4 is 0 Å². The zero-order valence-electron chi connectivity index (χ0n) is 6.50. The van der Waals surface area contributed by atoms with Gasteiger partial charge in [-0.05, 0) is 6.07 Å². The molecule has 0 unspecified atom stereocenters. The normalized spacial score (nSPS) is 11.2. The highest BCUT2D eigenvalue weighted by atomic mass is 32.2. The Balaban J connectivity index is 3.46. The van der Waals surface area contributed by atoms with E-state index in [-0.39, 0.29) is 4.90 Å². The maximum absolute atomic E-state index is 10.9. The predicted octanol–water partition coefficient (Wildman–Crippen LogP) is 1.16. The smallest absolute Gasteiger partial charge is 0.258 e. The Hall–Kier alpha value is -1.43. The van der Waals surface area contributed by atoms with E-state index < -0.39 is 20.4 Å². The Morgan fingerprint density at radius 3 is 2.23 bits per heavy atom. The number of hydrogen-bond acceptors (Lipinski definition) is 4. The summed E-state index contributed by atoms with van der Waals surface area (Å²) in [6.45, 7) is 0. The van der Waals surface area contributed by atoms with Crippen LogP contribution in [0.3, 0.4) is 0 Å². The van der Waals surface area contributed by atoms with Crippen molar-refractivity contribution in [3.05, 3.63) is 40.6 Å². The summed E-state index contributed by atoms with van der Waals surface area (Å²) >= 11 is 0. The van der Waals surface area contributed by atoms with Crippen LogP contribution >= 0.6 is 0 Å². The number of para-hydroxylation sites is 1. The third-order valence-electron chi connectivity index (χ3n) is 1.40. The minimum absolute atomic E-state index is 0.361. The van der Waals surface area contributed by atoms with E-state index in [1.165, 1.54) is 12.1 Å². The van der Waals surface area contributed by atoms with Gasteiger partial charge >= 0.3 is 0 Å². The fraction of sp³-hybridized carbons (Fsp3) is 0. The number of benzene rings is 1. The summed E-state index contributed by atoms with van der Waals surface area (Å²) in [4.78, 5) is 9.27. The molecule has 5 nitrogen and oxygen atoms in total. The van der Waals surface area contributed by atoms with Crippen molar-refractivity contribution in [2.75, 3.05) is 0 Å². The van der Waals surface area contributed by atoms with Gasteiger partial charge in [-0.25, -0.2) is 8.42 Å². The molecule has 1 rings (SSSR count). The summed E-state index contributed by atoms with van der Waals surface area (Å²) in [6.07, 6.45) is 2.85. The molecule has 0 spiro atoms. The maximum Gasteiger partial charge on any atom is 0.287 e. The van der Waals surface area contributed by atoms with Gasteiger partial charge in [-0.15, -0.1) is 0 Å². The molecule has 6 heteroatoms. The van der Waals surface area contributed by atoms with Gasteiger partial charge in [0.25, 0.3) is 5.69 Å². The molecule has 0 saturated heterocycles. The molecule has 69 valence electrons. The van der Waals surface area contributed by atoms with Crippen molar-refractivity contribution in [3.8, 4) is 0 Å². The number of nitro groups is 1. The molecule has 1 aromatic carbocycles. The minimum atomic E-state index is -3.77. The van der Waals surface area contributed by atoms with E-state index in [0.717, 1.165) is 12.1 Å². The fourth-order valence-corrected chi connectivity index (χ4v) is 1.62. The topological polar surface area (TPSA) is 77.3 Å². The van der Waals surface area contributed by atoms with Crippen molar-refractivity contribution >= 4 is 15.5 Å². The van der Waals surface area contributed by atoms with Crippen LogP contribution in [-0.2, 0) is 9.84 Å². The van der Waals surface area contributed by atoms with Gasteiger partial charge < -0.3 is 0 Å². The van der Waals surface area contributed by atoms with Gasteiger partial charge in [0.15, 0.2) is 9.84 Å². The van der Waals surface area contributed by atoms with Crippen molar-refractivity contribution in [2.24, 2.45) is 0 Å². The first-order chi connectivity index (χ1) is 5.93. The molecule has 0 aliphatic rings. The molecule has 0 aromatic heterocycles. The molecule has 0 saturated carbocycles. The van der Waals surface area contributed by atoms with E-state index in [2.05, 4.69) is 6.26 Å². The summed E-state index contributed by atoms with van der Waals surface area (Å²) < 4.78 is 21.9. The lowest BCUT2D eigenvalue weighted by Gasteiger charge is -1.98. The lowest BCUT2D eigenvalue weighted by Crippen LogP contribution is -2.00. The first-order valence-electron chi connectivity index (χ1n) is 3.24. The molecule has 1 aromatic rings. The van der Waals surface area contributed by atoms with Crippen LogP contribution in [0.1, 0.15) is 0 Å². The van der Waals surface area contributed by atoms with Crippen molar-refractivity contribution in [1.29, 1.82) is 0 Å². The first kappa shape index (κ1) is 9.66. The van der Waals surface area contributed by atoms with Crippen molar-refractivity contribution < 1.29 is 13.3 Å². The maximum atomic E-state index is 10.9. The van der Waals surface area contributed by atoms with E-state index in [1.807, 2.05) is 0 Å². The van der Waals surface area contributed by atoms with Gasteiger partial charge in [-0.2, -0.15) is 0 Å². The Morgan fingerprint density at radius 1 is 1.31 bits per heavy atom. The van der Waals surface area contributed by atoms with Crippen LogP contribution in [0.4, 0.5) is 5.69 Å². The summed E-state index contributed by atoms with van der Waals surface area (Å²) in [5.41, 5.74) is -0.447. The van der Waals surface area contributed by atoms with E-state index in [1.54, 1.807) is 0 Å². The third-order valence-corrected chi connectivity index (χ3v) is 2.41. The molecule has 0 bridgehead atoms. The Labute approximate surface area is 75.1 Å². The highest BCUT2D eigenvalue weighted by molar-refractivity contribution is 7.92. The molecule has 0 fully saturated rings. The molecule has 0 heterocycles. The molecular formula is C7H6NO4S. The molecule has 0 atom stereocenters. The first-order valence-corrected chi connectivity index (χ1v) is 4.89. The highest BCUT2D eigenvalue weighted by Gasteiger charge is 2.20. The average molecular weight is 200 g/mol. The summed E-state index contributed by atoms with van der Waals surface area (Å²) in [6, 6.07) is 5.08. The predicted molar refractivity (Wildman–Crippen MR) is 45.6 cm³/mol. The second-order valence-electron chi connectivity index (χ2n) is 2.34. The summed E-state index contributed by atoms with van der Waals surface area (Å²) in [5, 5.41) is 10.4. The second kappa shape index (κ2) is 3.14. The molecule has 0 amide bonds. The van der Waals surface area contributed by atoms with E-state index >= 15 is 0 Å². The monoisotopic (exact) mass is 200 g/mol. The van der Waals surface area contributed by atoms with Crippen molar-refractivity contribution in [3.63, 3.8) is 0 Å². The van der Waals surface area contributed by atoms with Crippen LogP contribution in [0.2, 0.25) is 0 Å². The minimum Gasteiger partial charge on any atom is -0.258 e. The SMILES string of the molecule is [CH2]S(=O)(=O)c1ccccc1[N+](=O)[O-]. The number of hydrogen-bond donors (Lipinski definition) is 0. The molecule has 0 aliphatic carbocycles. The molecule has 13 heavy (non-hydrogen) atoms. The zero-order chi connectivity index (χ0) is 10.1. The summed E-state index contributed by atoms with van der Waals surface area (Å²) in [7, 11) is -3.77. The molecule has 1 radical (unpaired) electrons. The molecular weight excluding hydrogens is 194 g/mol. The van der Waals surface area contributed by atoms with Gasteiger partial charge in [-0.3, -0.25) is 10.1 Å². The van der Waals surface area contributed by atoms with Gasteiger partial charge in [0.1, 0.15) is 4.90 Å². The van der Waals surface area contributed by atoms with Gasteiger partial charge in [0.2, 0.25) is 0 Å². The van der Waals surface area contributed by atoms with E-state index in [9.17, 15) is 18.5 Å². The number of nitro benzene ring substituents is 1. The molecule has 0 N–H and O–H groups in total. The number of rotatable bonds is 2. The zero-order valence-corrected chi connectivity index (χ0v) is 7.32. The fourth-order valence-electron chi connectivity index (χ4n) is 0.871. The lowest BCUT2D eigenvalue weighted by molar-refractivity contribution is -0.387. The standard InChI is InChI=1S/C7H6NO4S/c1-13(11,12)7-5-3-2-4-6(7)8(9)10/h2-5H,1H2. The highest BCUT2D eigenvalue weighted by Crippen LogP contribution is 2.22. The van der Waals surface area contributed by atoms with E-state index in [0.29, 0.717) is 0 Å². The Kier molecular flexibility index (Phi) is 2.33. The van der Waals surface area contributed by atoms with Crippen LogP contribution in [0.5, 0.6) is 0 Å². The number of nitrogens with zero attached hydrogens (tertiary/aromatic N) is 1. The van der Waals surface area contributed by atoms with Gasteiger partial charge in [-0.1, -0.05) is 12.1 Å². The molecule has 0 aliphatic heterocycles. The third kappa shape index (κ3) is 2.03. The number of sulfone groups is 1. The lowest BCUT2D eigenvalue weighted by atomic mass is 10.3.